The molecule has 1 aromatic rings. The van der Waals surface area contributed by atoms with E-state index in [2.05, 4.69) is 21.9 Å². The number of carbonyl (C=O) groups is 1. The number of piperazine rings is 1. The van der Waals surface area contributed by atoms with Gasteiger partial charge in [0.25, 0.3) is 0 Å². The zero-order chi connectivity index (χ0) is 16.8. The number of ether oxygens (including phenoxy) is 2. The molecule has 2 bridgehead atoms. The molecule has 5 heteroatoms. The molecule has 3 atom stereocenters. The molecular weight excluding hydrogens is 316 g/mol. The molecule has 4 aliphatic rings. The molecule has 2 saturated carbocycles. The van der Waals surface area contributed by atoms with Crippen molar-refractivity contribution in [3.8, 4) is 11.5 Å². The summed E-state index contributed by atoms with van der Waals surface area (Å²) in [4.78, 5) is 17.4. The Kier molecular flexibility index (Phi) is 3.85. The number of hydrogen-bond acceptors (Lipinski definition) is 4. The van der Waals surface area contributed by atoms with Gasteiger partial charge in [-0.15, -0.1) is 0 Å². The number of hydrogen-bond donors (Lipinski definition) is 0. The van der Waals surface area contributed by atoms with E-state index in [-0.39, 0.29) is 0 Å². The molecule has 25 heavy (non-hydrogen) atoms. The molecule has 1 aromatic carbocycles. The molecule has 2 aliphatic heterocycles. The summed E-state index contributed by atoms with van der Waals surface area (Å²) in [7, 11) is 0. The van der Waals surface area contributed by atoms with E-state index in [0.29, 0.717) is 24.5 Å². The van der Waals surface area contributed by atoms with E-state index >= 15 is 0 Å². The van der Waals surface area contributed by atoms with Gasteiger partial charge in [0.05, 0.1) is 0 Å². The van der Waals surface area contributed by atoms with Gasteiger partial charge in [0, 0.05) is 38.6 Å². The zero-order valence-electron chi connectivity index (χ0n) is 14.7. The lowest BCUT2D eigenvalue weighted by molar-refractivity contribution is -0.139. The van der Waals surface area contributed by atoms with Gasteiger partial charge in [0.2, 0.25) is 12.7 Å². The summed E-state index contributed by atoms with van der Waals surface area (Å²) in [5, 5.41) is 0. The lowest BCUT2D eigenvalue weighted by Crippen LogP contribution is -2.50. The van der Waals surface area contributed by atoms with Gasteiger partial charge in [-0.3, -0.25) is 9.69 Å². The van der Waals surface area contributed by atoms with Crippen LogP contribution in [0.15, 0.2) is 18.2 Å². The van der Waals surface area contributed by atoms with E-state index < -0.39 is 0 Å². The van der Waals surface area contributed by atoms with Crippen LogP contribution in [-0.4, -0.2) is 48.7 Å². The van der Waals surface area contributed by atoms with E-state index in [1.807, 2.05) is 6.07 Å². The first kappa shape index (κ1) is 15.5. The highest BCUT2D eigenvalue weighted by Crippen LogP contribution is 2.48. The number of rotatable bonds is 3. The van der Waals surface area contributed by atoms with Crippen LogP contribution in [0.5, 0.6) is 11.5 Å². The topological polar surface area (TPSA) is 42.0 Å². The summed E-state index contributed by atoms with van der Waals surface area (Å²) in [5.74, 6) is 3.98. The van der Waals surface area contributed by atoms with Gasteiger partial charge in [0.1, 0.15) is 0 Å². The monoisotopic (exact) mass is 342 g/mol. The summed E-state index contributed by atoms with van der Waals surface area (Å²) in [6, 6.07) is 6.18. The van der Waals surface area contributed by atoms with Crippen LogP contribution in [0.25, 0.3) is 0 Å². The first-order chi connectivity index (χ1) is 12.3. The maximum absolute atomic E-state index is 12.9. The van der Waals surface area contributed by atoms with Gasteiger partial charge in [-0.1, -0.05) is 12.5 Å². The largest absolute Gasteiger partial charge is 0.454 e. The molecule has 5 rings (SSSR count). The average Bonchev–Trinajstić information content (AvgIpc) is 3.38. The molecule has 2 heterocycles. The van der Waals surface area contributed by atoms with Crippen molar-refractivity contribution in [1.29, 1.82) is 0 Å². The molecule has 2 aliphatic carbocycles. The van der Waals surface area contributed by atoms with Crippen molar-refractivity contribution >= 4 is 5.91 Å². The molecule has 1 amide bonds. The Labute approximate surface area is 148 Å². The second-order valence-electron chi connectivity index (χ2n) is 8.07. The van der Waals surface area contributed by atoms with Gasteiger partial charge in [-0.25, -0.2) is 0 Å². The molecule has 5 nitrogen and oxygen atoms in total. The highest BCUT2D eigenvalue weighted by Gasteiger charge is 2.44. The van der Waals surface area contributed by atoms with Crippen LogP contribution in [0.1, 0.15) is 31.2 Å². The predicted octanol–water partition coefficient (Wildman–Crippen LogP) is 2.50. The fourth-order valence-electron chi connectivity index (χ4n) is 5.21. The maximum Gasteiger partial charge on any atom is 0.231 e. The van der Waals surface area contributed by atoms with Gasteiger partial charge >= 0.3 is 0 Å². The molecule has 1 saturated heterocycles. The van der Waals surface area contributed by atoms with Gasteiger partial charge in [-0.2, -0.15) is 0 Å². The minimum atomic E-state index is 0.322. The van der Waals surface area contributed by atoms with Crippen molar-refractivity contribution in [2.75, 3.05) is 33.0 Å². The molecule has 0 unspecified atom stereocenters. The van der Waals surface area contributed by atoms with E-state index in [0.717, 1.165) is 56.6 Å². The van der Waals surface area contributed by atoms with E-state index in [1.165, 1.54) is 24.8 Å². The number of amides is 1. The first-order valence-corrected chi connectivity index (χ1v) is 9.66. The molecular formula is C20H26N2O3. The van der Waals surface area contributed by atoms with Crippen LogP contribution in [0.3, 0.4) is 0 Å². The van der Waals surface area contributed by atoms with Crippen molar-refractivity contribution in [2.45, 2.75) is 32.2 Å². The third-order valence-electron chi connectivity index (χ3n) is 6.58. The van der Waals surface area contributed by atoms with Gasteiger partial charge in [0.15, 0.2) is 11.5 Å². The lowest BCUT2D eigenvalue weighted by atomic mass is 9.87. The van der Waals surface area contributed by atoms with E-state index in [9.17, 15) is 4.79 Å². The summed E-state index contributed by atoms with van der Waals surface area (Å²) >= 11 is 0. The normalized spacial score (nSPS) is 30.9. The first-order valence-electron chi connectivity index (χ1n) is 9.66. The third-order valence-corrected chi connectivity index (χ3v) is 6.58. The molecule has 0 radical (unpaired) electrons. The standard InChI is InChI=1S/C20H26N2O3/c23-20(17-10-14-1-3-16(17)9-14)22-7-5-21(6-8-22)12-15-2-4-18-19(11-15)25-13-24-18/h2,4,11,14,16-17H,1,3,5-10,12-13H2/t14-,16+,17-/m0/s1. The Morgan fingerprint density at radius 1 is 1.04 bits per heavy atom. The van der Waals surface area contributed by atoms with Crippen LogP contribution < -0.4 is 9.47 Å². The number of fused-ring (bicyclic) bond motifs is 3. The fraction of sp³-hybridized carbons (Fsp3) is 0.650. The summed E-state index contributed by atoms with van der Waals surface area (Å²) in [6.45, 7) is 4.89. The molecule has 134 valence electrons. The van der Waals surface area contributed by atoms with E-state index in [1.54, 1.807) is 0 Å². The average molecular weight is 342 g/mol. The predicted molar refractivity (Wildman–Crippen MR) is 93.4 cm³/mol. The highest BCUT2D eigenvalue weighted by atomic mass is 16.7. The van der Waals surface area contributed by atoms with Crippen molar-refractivity contribution in [1.82, 2.24) is 9.80 Å². The quantitative estimate of drug-likeness (QED) is 0.846. The Hall–Kier alpha value is -1.75. The molecule has 0 N–H and O–H groups in total. The fourth-order valence-corrected chi connectivity index (χ4v) is 5.21. The van der Waals surface area contributed by atoms with Gasteiger partial charge in [-0.05, 0) is 48.8 Å². The number of nitrogens with zero attached hydrogens (tertiary/aromatic N) is 2. The minimum Gasteiger partial charge on any atom is -0.454 e. The summed E-state index contributed by atoms with van der Waals surface area (Å²) in [5.41, 5.74) is 1.25. The third kappa shape index (κ3) is 2.88. The second-order valence-corrected chi connectivity index (χ2v) is 8.07. The van der Waals surface area contributed by atoms with Crippen LogP contribution in [-0.2, 0) is 11.3 Å². The Balaban J connectivity index is 1.15. The number of benzene rings is 1. The number of carbonyl (C=O) groups excluding carboxylic acids is 1. The van der Waals surface area contributed by atoms with Gasteiger partial charge < -0.3 is 14.4 Å². The van der Waals surface area contributed by atoms with Crippen LogP contribution in [0, 0.1) is 17.8 Å². The van der Waals surface area contributed by atoms with Crippen molar-refractivity contribution < 1.29 is 14.3 Å². The smallest absolute Gasteiger partial charge is 0.231 e. The van der Waals surface area contributed by atoms with E-state index in [4.69, 9.17) is 9.47 Å². The van der Waals surface area contributed by atoms with Crippen molar-refractivity contribution in [2.24, 2.45) is 17.8 Å². The van der Waals surface area contributed by atoms with Crippen LogP contribution >= 0.6 is 0 Å². The molecule has 0 spiro atoms. The summed E-state index contributed by atoms with van der Waals surface area (Å²) < 4.78 is 10.8. The highest BCUT2D eigenvalue weighted by molar-refractivity contribution is 5.79. The molecule has 0 aromatic heterocycles. The Bertz CT molecular complexity index is 669. The maximum atomic E-state index is 12.9. The lowest BCUT2D eigenvalue weighted by Gasteiger charge is -2.37. The minimum absolute atomic E-state index is 0.322. The molecule has 3 fully saturated rings. The SMILES string of the molecule is O=C([C@H]1C[C@H]2CC[C@@H]1C2)N1CCN(Cc2ccc3c(c2)OCO3)CC1. The second kappa shape index (κ2) is 6.20. The van der Waals surface area contributed by atoms with Crippen molar-refractivity contribution in [3.05, 3.63) is 23.8 Å². The Morgan fingerprint density at radius 2 is 1.88 bits per heavy atom. The van der Waals surface area contributed by atoms with Crippen LogP contribution in [0.2, 0.25) is 0 Å². The van der Waals surface area contributed by atoms with Crippen molar-refractivity contribution in [3.63, 3.8) is 0 Å². The van der Waals surface area contributed by atoms with Crippen LogP contribution in [0.4, 0.5) is 0 Å². The zero-order valence-corrected chi connectivity index (χ0v) is 14.7. The summed E-state index contributed by atoms with van der Waals surface area (Å²) in [6.07, 6.45) is 5.10. The Morgan fingerprint density at radius 3 is 2.64 bits per heavy atom.